The lowest BCUT2D eigenvalue weighted by molar-refractivity contribution is 0.0377. The number of aryl methyl sites for hydroxylation is 1. The van der Waals surface area contributed by atoms with Gasteiger partial charge in [0.15, 0.2) is 16.5 Å². The first-order valence-corrected chi connectivity index (χ1v) is 14.5. The summed E-state index contributed by atoms with van der Waals surface area (Å²) < 4.78 is 17.0. The van der Waals surface area contributed by atoms with E-state index < -0.39 is 23.3 Å². The predicted octanol–water partition coefficient (Wildman–Crippen LogP) is 5.96. The molecule has 0 spiro atoms. The Morgan fingerprint density at radius 1 is 0.932 bits per heavy atom. The number of hydrogen-bond acceptors (Lipinski definition) is 9. The molecule has 0 bridgehead atoms. The first-order chi connectivity index (χ1) is 21.0. The highest BCUT2D eigenvalue weighted by Gasteiger charge is 2.28. The SMILES string of the molecule is COc1cc2nc3sc(C(=O)Nc4ccc(C(=O)OC(C)C)cc4)c(C(=O)Nc4ccc(Cl)cc4C)n3c(=O)c2cc1OC. The molecule has 0 aliphatic rings. The molecule has 2 aromatic heterocycles. The fraction of sp³-hybridized carbons (Fsp3) is 0.194. The van der Waals surface area contributed by atoms with Crippen molar-refractivity contribution in [2.24, 2.45) is 0 Å². The largest absolute Gasteiger partial charge is 0.493 e. The van der Waals surface area contributed by atoms with Gasteiger partial charge in [-0.15, -0.1) is 0 Å². The number of fused-ring (bicyclic) bond motifs is 2. The summed E-state index contributed by atoms with van der Waals surface area (Å²) in [6.45, 7) is 5.26. The number of anilines is 2. The average molecular weight is 635 g/mol. The molecule has 5 aromatic rings. The molecule has 2 heterocycles. The molecule has 0 saturated carbocycles. The third kappa shape index (κ3) is 5.94. The molecular weight excluding hydrogens is 608 g/mol. The number of hydrogen-bond donors (Lipinski definition) is 2. The van der Waals surface area contributed by atoms with Crippen LogP contribution < -0.4 is 25.7 Å². The Labute approximate surface area is 260 Å². The standard InChI is InChI=1S/C31H27ClN4O7S/c1-15(2)43-30(40)17-6-9-19(10-7-17)33-28(38)26-25(27(37)34-21-11-8-18(32)12-16(21)3)36-29(39)20-13-23(41-4)24(42-5)14-22(20)35-31(36)44-26/h6-15H,1-5H3,(H,33,38)(H,34,37). The maximum atomic E-state index is 13.9. The highest BCUT2D eigenvalue weighted by molar-refractivity contribution is 7.19. The number of nitrogens with one attached hydrogen (secondary N) is 2. The first kappa shape index (κ1) is 30.5. The second-order valence-electron chi connectivity index (χ2n) is 9.94. The van der Waals surface area contributed by atoms with Gasteiger partial charge in [0.1, 0.15) is 10.6 Å². The van der Waals surface area contributed by atoms with Crippen molar-refractivity contribution in [1.82, 2.24) is 9.38 Å². The van der Waals surface area contributed by atoms with Crippen molar-refractivity contribution >= 4 is 68.0 Å². The van der Waals surface area contributed by atoms with E-state index in [9.17, 15) is 19.2 Å². The zero-order valence-corrected chi connectivity index (χ0v) is 25.9. The minimum absolute atomic E-state index is 0.0590. The second-order valence-corrected chi connectivity index (χ2v) is 11.4. The van der Waals surface area contributed by atoms with Gasteiger partial charge in [0.05, 0.1) is 36.8 Å². The van der Waals surface area contributed by atoms with Crippen LogP contribution in [0.3, 0.4) is 0 Å². The van der Waals surface area contributed by atoms with Crippen LogP contribution >= 0.6 is 22.9 Å². The Kier molecular flexibility index (Phi) is 8.56. The van der Waals surface area contributed by atoms with Gasteiger partial charge >= 0.3 is 5.97 Å². The zero-order chi connectivity index (χ0) is 31.7. The van der Waals surface area contributed by atoms with E-state index in [0.29, 0.717) is 44.5 Å². The molecule has 0 atom stereocenters. The summed E-state index contributed by atoms with van der Waals surface area (Å²) in [4.78, 5) is 58.2. The second kappa shape index (κ2) is 12.3. The average Bonchev–Trinajstić information content (AvgIpc) is 3.38. The molecule has 2 N–H and O–H groups in total. The van der Waals surface area contributed by atoms with Crippen molar-refractivity contribution < 1.29 is 28.6 Å². The Morgan fingerprint density at radius 3 is 2.25 bits per heavy atom. The van der Waals surface area contributed by atoms with Gasteiger partial charge < -0.3 is 24.8 Å². The third-order valence-electron chi connectivity index (χ3n) is 6.55. The van der Waals surface area contributed by atoms with Gasteiger partial charge in [0.25, 0.3) is 17.4 Å². The predicted molar refractivity (Wildman–Crippen MR) is 169 cm³/mol. The minimum atomic E-state index is -0.706. The maximum absolute atomic E-state index is 13.9. The van der Waals surface area contributed by atoms with Crippen LogP contribution in [0.4, 0.5) is 11.4 Å². The summed E-state index contributed by atoms with van der Waals surface area (Å²) >= 11 is 6.96. The van der Waals surface area contributed by atoms with Crippen LogP contribution in [0.5, 0.6) is 11.5 Å². The fourth-order valence-electron chi connectivity index (χ4n) is 4.47. The highest BCUT2D eigenvalue weighted by Crippen LogP contribution is 2.32. The lowest BCUT2D eigenvalue weighted by Crippen LogP contribution is -2.25. The summed E-state index contributed by atoms with van der Waals surface area (Å²) in [6.07, 6.45) is -0.285. The number of ether oxygens (including phenoxy) is 3. The Morgan fingerprint density at radius 2 is 1.61 bits per heavy atom. The van der Waals surface area contributed by atoms with Crippen molar-refractivity contribution in [3.8, 4) is 11.5 Å². The topological polar surface area (TPSA) is 137 Å². The van der Waals surface area contributed by atoms with Crippen LogP contribution in [-0.2, 0) is 4.74 Å². The number of aromatic nitrogens is 2. The number of methoxy groups -OCH3 is 2. The number of nitrogens with zero attached hydrogens (tertiary/aromatic N) is 2. The van der Waals surface area contributed by atoms with Crippen LogP contribution in [0.25, 0.3) is 15.9 Å². The third-order valence-corrected chi connectivity index (χ3v) is 7.83. The monoisotopic (exact) mass is 634 g/mol. The molecule has 13 heteroatoms. The molecule has 44 heavy (non-hydrogen) atoms. The first-order valence-electron chi connectivity index (χ1n) is 13.3. The number of rotatable bonds is 8. The quantitative estimate of drug-likeness (QED) is 0.200. The number of halogens is 1. The molecule has 0 unspecified atom stereocenters. The zero-order valence-electron chi connectivity index (χ0n) is 24.3. The van der Waals surface area contributed by atoms with Crippen LogP contribution in [-0.4, -0.2) is 47.5 Å². The molecule has 2 amide bonds. The van der Waals surface area contributed by atoms with E-state index in [1.807, 2.05) is 0 Å². The molecule has 0 saturated heterocycles. The number of carbonyl (C=O) groups is 3. The Balaban J connectivity index is 1.62. The summed E-state index contributed by atoms with van der Waals surface area (Å²) in [6, 6.07) is 14.1. The van der Waals surface area contributed by atoms with Crippen LogP contribution in [0, 0.1) is 6.92 Å². The van der Waals surface area contributed by atoms with Crippen molar-refractivity contribution in [1.29, 1.82) is 0 Å². The molecule has 226 valence electrons. The Hall–Kier alpha value is -4.94. The number of carbonyl (C=O) groups excluding carboxylic acids is 3. The van der Waals surface area contributed by atoms with Crippen LogP contribution in [0.1, 0.15) is 49.9 Å². The number of thiazole rings is 1. The van der Waals surface area contributed by atoms with E-state index in [2.05, 4.69) is 15.6 Å². The lowest BCUT2D eigenvalue weighted by Gasteiger charge is -2.11. The normalized spacial score (nSPS) is 11.1. The van der Waals surface area contributed by atoms with Crippen molar-refractivity contribution in [2.75, 3.05) is 24.9 Å². The summed E-state index contributed by atoms with van der Waals surface area (Å²) in [5, 5.41) is 6.17. The molecular formula is C31H27ClN4O7S. The number of esters is 1. The van der Waals surface area contributed by atoms with Crippen molar-refractivity contribution in [2.45, 2.75) is 26.9 Å². The van der Waals surface area contributed by atoms with Gasteiger partial charge in [-0.25, -0.2) is 14.2 Å². The molecule has 5 rings (SSSR count). The van der Waals surface area contributed by atoms with E-state index in [1.165, 1.54) is 44.6 Å². The van der Waals surface area contributed by atoms with E-state index >= 15 is 0 Å². The molecule has 11 nitrogen and oxygen atoms in total. The molecule has 0 radical (unpaired) electrons. The van der Waals surface area contributed by atoms with E-state index in [4.69, 9.17) is 25.8 Å². The van der Waals surface area contributed by atoms with E-state index in [0.717, 1.165) is 15.7 Å². The molecule has 3 aromatic carbocycles. The summed E-state index contributed by atoms with van der Waals surface area (Å²) in [7, 11) is 2.90. The Bertz CT molecular complexity index is 2000. The van der Waals surface area contributed by atoms with Crippen LogP contribution in [0.2, 0.25) is 5.02 Å². The van der Waals surface area contributed by atoms with Gasteiger partial charge in [0.2, 0.25) is 0 Å². The lowest BCUT2D eigenvalue weighted by atomic mass is 10.2. The molecule has 0 fully saturated rings. The molecule has 0 aliphatic heterocycles. The van der Waals surface area contributed by atoms with Gasteiger partial charge in [-0.3, -0.25) is 14.4 Å². The van der Waals surface area contributed by atoms with Gasteiger partial charge in [-0.1, -0.05) is 22.9 Å². The summed E-state index contributed by atoms with van der Waals surface area (Å²) in [5.41, 5.74) is 1.31. The van der Waals surface area contributed by atoms with Crippen molar-refractivity contribution in [3.05, 3.63) is 91.7 Å². The van der Waals surface area contributed by atoms with Gasteiger partial charge in [0, 0.05) is 22.5 Å². The fourth-order valence-corrected chi connectivity index (χ4v) is 5.71. The smallest absolute Gasteiger partial charge is 0.338 e. The minimum Gasteiger partial charge on any atom is -0.493 e. The van der Waals surface area contributed by atoms with E-state index in [1.54, 1.807) is 45.0 Å². The number of benzene rings is 3. The number of amides is 2. The van der Waals surface area contributed by atoms with Gasteiger partial charge in [-0.05, 0) is 74.9 Å². The van der Waals surface area contributed by atoms with Crippen LogP contribution in [0.15, 0.2) is 59.4 Å². The highest BCUT2D eigenvalue weighted by atomic mass is 35.5. The van der Waals surface area contributed by atoms with Gasteiger partial charge in [-0.2, -0.15) is 0 Å². The molecule has 0 aliphatic carbocycles. The maximum Gasteiger partial charge on any atom is 0.338 e. The van der Waals surface area contributed by atoms with Crippen molar-refractivity contribution in [3.63, 3.8) is 0 Å². The van der Waals surface area contributed by atoms with E-state index in [-0.39, 0.29) is 27.0 Å². The summed E-state index contributed by atoms with van der Waals surface area (Å²) in [5.74, 6) is -1.19.